The lowest BCUT2D eigenvalue weighted by molar-refractivity contribution is -0.138. The van der Waals surface area contributed by atoms with Gasteiger partial charge in [-0.15, -0.1) is 0 Å². The first-order valence-electron chi connectivity index (χ1n) is 3.94. The molecule has 2 heterocycles. The lowest BCUT2D eigenvalue weighted by Crippen LogP contribution is -2.24. The Kier molecular flexibility index (Phi) is 2.62. The minimum atomic E-state index is -0.904. The molecule has 1 aliphatic heterocycles. The van der Waals surface area contributed by atoms with Crippen LogP contribution < -0.4 is 0 Å². The number of fused-ring (bicyclic) bond motifs is 1. The van der Waals surface area contributed by atoms with Crippen molar-refractivity contribution < 1.29 is 14.3 Å². The number of carbonyl (C=O) groups excluding carboxylic acids is 2. The lowest BCUT2D eigenvalue weighted by atomic mass is 10.2. The fourth-order valence-electron chi connectivity index (χ4n) is 1.20. The van der Waals surface area contributed by atoms with E-state index in [1.807, 2.05) is 0 Å². The molecule has 15 heavy (non-hydrogen) atoms. The number of ether oxygens (including phenoxy) is 1. The van der Waals surface area contributed by atoms with Crippen molar-refractivity contribution in [2.24, 2.45) is 0 Å². The van der Waals surface area contributed by atoms with E-state index in [0.29, 0.717) is 5.03 Å². The van der Waals surface area contributed by atoms with Gasteiger partial charge in [-0.2, -0.15) is 0 Å². The van der Waals surface area contributed by atoms with Crippen LogP contribution in [0.3, 0.4) is 0 Å². The molecule has 0 aliphatic carbocycles. The standard InChI is InChI=1S/C8H5ClN2O3S/c1-14-8(13)5-4(12)3-6(9)10-2-11-7(3)15-5/h2,5H,1H3. The summed E-state index contributed by atoms with van der Waals surface area (Å²) in [6.45, 7) is 0. The second-order valence-electron chi connectivity index (χ2n) is 2.73. The number of methoxy groups -OCH3 is 1. The summed E-state index contributed by atoms with van der Waals surface area (Å²) in [6.07, 6.45) is 1.25. The van der Waals surface area contributed by atoms with Crippen molar-refractivity contribution in [2.75, 3.05) is 7.11 Å². The Hall–Kier alpha value is -1.14. The minimum absolute atomic E-state index is 0.0731. The summed E-state index contributed by atoms with van der Waals surface area (Å²) < 4.78 is 4.50. The number of rotatable bonds is 1. The van der Waals surface area contributed by atoms with Crippen LogP contribution in [-0.4, -0.2) is 34.1 Å². The highest BCUT2D eigenvalue weighted by Crippen LogP contribution is 2.38. The van der Waals surface area contributed by atoms with E-state index in [9.17, 15) is 9.59 Å². The average molecular weight is 245 g/mol. The Balaban J connectivity index is 2.42. The van der Waals surface area contributed by atoms with Crippen LogP contribution in [0.25, 0.3) is 0 Å². The maximum absolute atomic E-state index is 11.7. The first kappa shape index (κ1) is 10.4. The molecule has 0 aromatic carbocycles. The Morgan fingerprint density at radius 2 is 2.33 bits per heavy atom. The molecule has 2 rings (SSSR count). The van der Waals surface area contributed by atoms with E-state index in [1.165, 1.54) is 13.4 Å². The molecular formula is C8H5ClN2O3S. The first-order chi connectivity index (χ1) is 7.15. The maximum atomic E-state index is 11.7. The second kappa shape index (κ2) is 3.79. The smallest absolute Gasteiger partial charge is 0.327 e. The largest absolute Gasteiger partial charge is 0.468 e. The quantitative estimate of drug-likeness (QED) is 0.416. The zero-order chi connectivity index (χ0) is 11.0. The monoisotopic (exact) mass is 244 g/mol. The predicted octanol–water partition coefficient (Wildman–Crippen LogP) is 0.960. The van der Waals surface area contributed by atoms with E-state index in [2.05, 4.69) is 14.7 Å². The van der Waals surface area contributed by atoms with Crippen LogP contribution in [0, 0.1) is 0 Å². The summed E-state index contributed by atoms with van der Waals surface area (Å²) in [5.74, 6) is -0.994. The number of nitrogens with zero attached hydrogens (tertiary/aromatic N) is 2. The van der Waals surface area contributed by atoms with Crippen LogP contribution >= 0.6 is 23.4 Å². The molecule has 1 aromatic rings. The number of hydrogen-bond acceptors (Lipinski definition) is 6. The van der Waals surface area contributed by atoms with Gasteiger partial charge in [0.1, 0.15) is 16.5 Å². The van der Waals surface area contributed by atoms with E-state index in [1.54, 1.807) is 0 Å². The summed E-state index contributed by atoms with van der Waals surface area (Å²) in [6, 6.07) is 0. The molecule has 1 aromatic heterocycles. The van der Waals surface area contributed by atoms with Gasteiger partial charge in [-0.05, 0) is 0 Å². The Morgan fingerprint density at radius 3 is 2.93 bits per heavy atom. The van der Waals surface area contributed by atoms with Gasteiger partial charge in [0.05, 0.1) is 12.7 Å². The number of halogens is 1. The number of Topliss-reactive ketones (excluding diaryl/α,β-unsaturated/α-hetero) is 1. The van der Waals surface area contributed by atoms with Crippen LogP contribution in [0.15, 0.2) is 11.4 Å². The molecule has 0 saturated carbocycles. The zero-order valence-electron chi connectivity index (χ0n) is 7.56. The van der Waals surface area contributed by atoms with Gasteiger partial charge in [-0.25, -0.2) is 9.97 Å². The molecule has 0 radical (unpaired) electrons. The number of esters is 1. The Morgan fingerprint density at radius 1 is 1.60 bits per heavy atom. The summed E-state index contributed by atoms with van der Waals surface area (Å²) in [7, 11) is 1.23. The summed E-state index contributed by atoms with van der Waals surface area (Å²) in [5, 5.41) is -0.404. The molecular weight excluding hydrogens is 240 g/mol. The molecule has 0 fully saturated rings. The van der Waals surface area contributed by atoms with Gasteiger partial charge in [-0.3, -0.25) is 9.59 Å². The molecule has 7 heteroatoms. The van der Waals surface area contributed by atoms with Gasteiger partial charge < -0.3 is 4.74 Å². The van der Waals surface area contributed by atoms with Crippen molar-refractivity contribution in [2.45, 2.75) is 10.3 Å². The van der Waals surface area contributed by atoms with Crippen LogP contribution in [-0.2, 0) is 9.53 Å². The van der Waals surface area contributed by atoms with Crippen molar-refractivity contribution in [1.29, 1.82) is 0 Å². The summed E-state index contributed by atoms with van der Waals surface area (Å²) >= 11 is 6.77. The summed E-state index contributed by atoms with van der Waals surface area (Å²) in [4.78, 5) is 30.5. The number of aromatic nitrogens is 2. The van der Waals surface area contributed by atoms with Gasteiger partial charge in [0.15, 0.2) is 11.0 Å². The Labute approximate surface area is 94.2 Å². The molecule has 0 spiro atoms. The van der Waals surface area contributed by atoms with Crippen molar-refractivity contribution in [1.82, 2.24) is 9.97 Å². The van der Waals surface area contributed by atoms with Crippen molar-refractivity contribution in [3.05, 3.63) is 17.0 Å². The molecule has 78 valence electrons. The average Bonchev–Trinajstić information content (AvgIpc) is 2.56. The van der Waals surface area contributed by atoms with Gasteiger partial charge >= 0.3 is 5.97 Å². The molecule has 0 bridgehead atoms. The van der Waals surface area contributed by atoms with E-state index < -0.39 is 17.0 Å². The Bertz CT molecular complexity index is 452. The van der Waals surface area contributed by atoms with Gasteiger partial charge in [0, 0.05) is 0 Å². The number of ketones is 1. The highest BCUT2D eigenvalue weighted by Gasteiger charge is 2.40. The summed E-state index contributed by atoms with van der Waals surface area (Å²) in [5.41, 5.74) is 0.208. The third-order valence-corrected chi connectivity index (χ3v) is 3.36. The molecule has 0 amide bonds. The van der Waals surface area contributed by atoms with Crippen molar-refractivity contribution in [3.63, 3.8) is 0 Å². The first-order valence-corrected chi connectivity index (χ1v) is 5.20. The topological polar surface area (TPSA) is 69.2 Å². The highest BCUT2D eigenvalue weighted by molar-refractivity contribution is 8.02. The van der Waals surface area contributed by atoms with E-state index in [4.69, 9.17) is 11.6 Å². The SMILES string of the molecule is COC(=O)C1Sc2ncnc(Cl)c2C1=O. The van der Waals surface area contributed by atoms with Crippen LogP contribution in [0.5, 0.6) is 0 Å². The van der Waals surface area contributed by atoms with Crippen molar-refractivity contribution in [3.8, 4) is 0 Å². The molecule has 5 nitrogen and oxygen atoms in total. The van der Waals surface area contributed by atoms with E-state index in [-0.39, 0.29) is 10.7 Å². The van der Waals surface area contributed by atoms with Gasteiger partial charge in [-0.1, -0.05) is 23.4 Å². The number of thioether (sulfide) groups is 1. The molecule has 1 aliphatic rings. The fourth-order valence-corrected chi connectivity index (χ4v) is 2.55. The molecule has 0 N–H and O–H groups in total. The fraction of sp³-hybridized carbons (Fsp3) is 0.250. The van der Waals surface area contributed by atoms with Crippen LogP contribution in [0.4, 0.5) is 0 Å². The highest BCUT2D eigenvalue weighted by atomic mass is 35.5. The zero-order valence-corrected chi connectivity index (χ0v) is 9.13. The van der Waals surface area contributed by atoms with Crippen LogP contribution in [0.2, 0.25) is 5.15 Å². The molecule has 1 unspecified atom stereocenters. The number of hydrogen-bond donors (Lipinski definition) is 0. The van der Waals surface area contributed by atoms with E-state index >= 15 is 0 Å². The lowest BCUT2D eigenvalue weighted by Gasteiger charge is -2.02. The van der Waals surface area contributed by atoms with Crippen LogP contribution in [0.1, 0.15) is 10.4 Å². The predicted molar refractivity (Wildman–Crippen MR) is 53.0 cm³/mol. The normalized spacial score (nSPS) is 18.8. The second-order valence-corrected chi connectivity index (χ2v) is 4.18. The third-order valence-electron chi connectivity index (χ3n) is 1.90. The van der Waals surface area contributed by atoms with Gasteiger partial charge in [0.25, 0.3) is 0 Å². The minimum Gasteiger partial charge on any atom is -0.468 e. The van der Waals surface area contributed by atoms with Crippen molar-refractivity contribution >= 4 is 35.1 Å². The molecule has 0 saturated heterocycles. The van der Waals surface area contributed by atoms with Gasteiger partial charge in [0.2, 0.25) is 0 Å². The maximum Gasteiger partial charge on any atom is 0.327 e. The van der Waals surface area contributed by atoms with E-state index in [0.717, 1.165) is 11.8 Å². The number of carbonyl (C=O) groups is 2. The molecule has 1 atom stereocenters. The third kappa shape index (κ3) is 1.59.